The number of aromatic hydroxyl groups is 1. The highest BCUT2D eigenvalue weighted by atomic mass is 16.7. The SMILES string of the molecule is COC(=O)C(O)(c1cc2c(c3oc(C4(C)OC4C)cc(=O)c13)C(=O)c1c(ccc([C@H]3C[C@](C)(N(C)C)[C@H](O[C@@H]4C[C@H](OC)[C@H](O)[C@@H](C)O4)[C@H](C)O3)c1O)C2=O)[C@@H]1C[C@H](OC)[C@H](O)[C@@H](C)O1. The summed E-state index contributed by atoms with van der Waals surface area (Å²) in [5, 5.41) is 45.9. The summed E-state index contributed by atoms with van der Waals surface area (Å²) in [6.07, 6.45) is -9.32. The van der Waals surface area contributed by atoms with Crippen molar-refractivity contribution in [2.24, 2.45) is 0 Å². The first-order chi connectivity index (χ1) is 30.6. The van der Waals surface area contributed by atoms with Crippen LogP contribution in [-0.4, -0.2) is 151 Å². The molecule has 4 fully saturated rings. The molecule has 15 atom stereocenters. The maximum atomic E-state index is 15.1. The van der Waals surface area contributed by atoms with Gasteiger partial charge in [-0.3, -0.25) is 14.4 Å². The summed E-state index contributed by atoms with van der Waals surface area (Å²) >= 11 is 0. The molecular weight excluding hydrogens is 851 g/mol. The smallest absolute Gasteiger partial charge is 0.345 e. The van der Waals surface area contributed by atoms with E-state index in [1.807, 2.05) is 32.8 Å². The van der Waals surface area contributed by atoms with E-state index in [-0.39, 0.29) is 52.8 Å². The number of hydrogen-bond acceptors (Lipinski definition) is 18. The standard InChI is InChI=1S/C47H59NO17/c1-19-37(50)28(57-9)16-32(61-19)47(56,44(55)59-11)26-14-25-35(42-36(26)27(49)15-31(63-42)46(6)22(4)65-46)41(54)34-24(39(25)52)13-12-23(40(34)53)30-18-45(5,48(7)8)43(21(3)60-30)64-33-17-29(58-10)38(51)20(2)62-33/h12-15,19-22,28-30,32-33,37-38,43,50-51,53,56H,16-18H2,1-11H3/t19-,20-,21+,22?,28+,29+,30-,32+,33-,37-,38-,43-,45+,46?,47?/m1/s1. The van der Waals surface area contributed by atoms with E-state index in [9.17, 15) is 34.8 Å². The largest absolute Gasteiger partial charge is 0.507 e. The summed E-state index contributed by atoms with van der Waals surface area (Å²) in [6, 6.07) is 5.16. The fourth-order valence-corrected chi connectivity index (χ4v) is 10.3. The molecule has 0 spiro atoms. The molecule has 1 aromatic heterocycles. The summed E-state index contributed by atoms with van der Waals surface area (Å²) in [7, 11) is 7.67. The number of phenols is 1. The number of fused-ring (bicyclic) bond motifs is 4. The molecule has 4 aliphatic heterocycles. The van der Waals surface area contributed by atoms with E-state index in [2.05, 4.69) is 0 Å². The lowest BCUT2D eigenvalue weighted by Gasteiger charge is -2.52. The van der Waals surface area contributed by atoms with Crippen LogP contribution in [0.5, 0.6) is 5.75 Å². The summed E-state index contributed by atoms with van der Waals surface area (Å²) < 4.78 is 53.6. The lowest BCUT2D eigenvalue weighted by atomic mass is 9.75. The van der Waals surface area contributed by atoms with E-state index >= 15 is 4.79 Å². The van der Waals surface area contributed by atoms with E-state index in [0.717, 1.165) is 19.2 Å². The Balaban J connectivity index is 1.24. The summed E-state index contributed by atoms with van der Waals surface area (Å²) in [5.41, 5.74) is -7.38. The van der Waals surface area contributed by atoms with Crippen LogP contribution in [0, 0.1) is 0 Å². The average Bonchev–Trinajstić information content (AvgIpc) is 3.90. The second kappa shape index (κ2) is 16.9. The van der Waals surface area contributed by atoms with E-state index in [0.29, 0.717) is 0 Å². The molecule has 5 aliphatic rings. The molecule has 0 bridgehead atoms. The van der Waals surface area contributed by atoms with E-state index < -0.39 is 135 Å². The molecule has 0 saturated carbocycles. The first kappa shape index (κ1) is 47.3. The summed E-state index contributed by atoms with van der Waals surface area (Å²) in [5.74, 6) is -3.41. The van der Waals surface area contributed by atoms with Crippen LogP contribution in [-0.2, 0) is 53.9 Å². The minimum absolute atomic E-state index is 0.0175. The fraction of sp³-hybridized carbons (Fsp3) is 0.617. The first-order valence-electron chi connectivity index (χ1n) is 21.9. The van der Waals surface area contributed by atoms with Gasteiger partial charge >= 0.3 is 5.97 Å². The molecule has 4 N–H and O–H groups in total. The number of hydrogen-bond donors (Lipinski definition) is 4. The highest BCUT2D eigenvalue weighted by molar-refractivity contribution is 6.32. The zero-order valence-electron chi connectivity index (χ0n) is 38.4. The number of aliphatic hydroxyl groups excluding tert-OH is 2. The second-order valence-corrected chi connectivity index (χ2v) is 18.7. The fourth-order valence-electron chi connectivity index (χ4n) is 10.3. The molecule has 1 aliphatic carbocycles. The second-order valence-electron chi connectivity index (χ2n) is 18.7. The zero-order chi connectivity index (χ0) is 47.4. The van der Waals surface area contributed by atoms with Crippen molar-refractivity contribution in [3.63, 3.8) is 0 Å². The van der Waals surface area contributed by atoms with Crippen LogP contribution in [0.4, 0.5) is 0 Å². The molecule has 18 heteroatoms. The monoisotopic (exact) mass is 909 g/mol. The van der Waals surface area contributed by atoms with Crippen LogP contribution in [0.3, 0.4) is 0 Å². The van der Waals surface area contributed by atoms with Gasteiger partial charge in [-0.05, 0) is 74.2 Å². The maximum Gasteiger partial charge on any atom is 0.345 e. The number of likely N-dealkylation sites (N-methyl/N-ethyl adjacent to an activating group) is 1. The number of methoxy groups -OCH3 is 3. The Labute approximate surface area is 375 Å². The quantitative estimate of drug-likeness (QED) is 0.132. The van der Waals surface area contributed by atoms with Gasteiger partial charge < -0.3 is 67.6 Å². The number of ketones is 2. The van der Waals surface area contributed by atoms with Crippen molar-refractivity contribution in [2.45, 2.75) is 151 Å². The van der Waals surface area contributed by atoms with Crippen LogP contribution >= 0.6 is 0 Å². The third-order valence-corrected chi connectivity index (χ3v) is 14.8. The molecule has 65 heavy (non-hydrogen) atoms. The Morgan fingerprint density at radius 3 is 2.08 bits per heavy atom. The zero-order valence-corrected chi connectivity index (χ0v) is 38.4. The third kappa shape index (κ3) is 7.36. The van der Waals surface area contributed by atoms with E-state index in [4.69, 9.17) is 42.3 Å². The first-order valence-corrected chi connectivity index (χ1v) is 21.9. The van der Waals surface area contributed by atoms with Crippen LogP contribution in [0.1, 0.15) is 116 Å². The van der Waals surface area contributed by atoms with Crippen molar-refractivity contribution in [2.75, 3.05) is 35.4 Å². The molecule has 4 saturated heterocycles. The molecule has 8 rings (SSSR count). The molecule has 0 radical (unpaired) electrons. The number of phenolic OH excluding ortho intramolecular Hbond substituents is 1. The molecule has 354 valence electrons. The van der Waals surface area contributed by atoms with Gasteiger partial charge in [-0.25, -0.2) is 4.79 Å². The van der Waals surface area contributed by atoms with Crippen molar-refractivity contribution < 1.29 is 77.1 Å². The summed E-state index contributed by atoms with van der Waals surface area (Å²) in [4.78, 5) is 60.4. The number of epoxide rings is 1. The van der Waals surface area contributed by atoms with Gasteiger partial charge in [-0.1, -0.05) is 6.07 Å². The highest BCUT2D eigenvalue weighted by Crippen LogP contribution is 2.50. The lowest BCUT2D eigenvalue weighted by Crippen LogP contribution is -2.62. The van der Waals surface area contributed by atoms with Gasteiger partial charge in [0, 0.05) is 60.9 Å². The number of carbonyl (C=O) groups excluding carboxylic acids is 3. The van der Waals surface area contributed by atoms with Gasteiger partial charge in [0.15, 0.2) is 23.1 Å². The predicted octanol–water partition coefficient (Wildman–Crippen LogP) is 2.89. The lowest BCUT2D eigenvalue weighted by molar-refractivity contribution is -0.300. The topological polar surface area (TPSA) is 243 Å². The van der Waals surface area contributed by atoms with E-state index in [1.165, 1.54) is 33.3 Å². The predicted molar refractivity (Wildman–Crippen MR) is 228 cm³/mol. The van der Waals surface area contributed by atoms with Crippen LogP contribution in [0.2, 0.25) is 0 Å². The number of ether oxygens (including phenoxy) is 8. The number of nitrogens with zero attached hydrogens (tertiary/aromatic N) is 1. The maximum absolute atomic E-state index is 15.1. The number of aliphatic hydroxyl groups is 3. The van der Waals surface area contributed by atoms with Gasteiger partial charge in [0.2, 0.25) is 11.4 Å². The van der Waals surface area contributed by atoms with Gasteiger partial charge in [0.25, 0.3) is 0 Å². The highest BCUT2D eigenvalue weighted by Gasteiger charge is 2.57. The molecular formula is C47H59NO17. The Morgan fingerprint density at radius 2 is 1.48 bits per heavy atom. The van der Waals surface area contributed by atoms with Gasteiger partial charge in [0.05, 0.1) is 66.4 Å². The average molecular weight is 910 g/mol. The molecule has 3 aromatic rings. The van der Waals surface area contributed by atoms with Gasteiger partial charge in [-0.15, -0.1) is 0 Å². The number of esters is 1. The van der Waals surface area contributed by atoms with Gasteiger partial charge in [-0.2, -0.15) is 0 Å². The Morgan fingerprint density at radius 1 is 0.846 bits per heavy atom. The van der Waals surface area contributed by atoms with Crippen molar-refractivity contribution in [3.05, 3.63) is 73.6 Å². The third-order valence-electron chi connectivity index (χ3n) is 14.8. The molecule has 0 amide bonds. The number of rotatable bonds is 10. The molecule has 18 nitrogen and oxygen atoms in total. The van der Waals surface area contributed by atoms with Crippen molar-refractivity contribution in [1.82, 2.24) is 4.90 Å². The number of carbonyl (C=O) groups is 3. The molecule has 3 unspecified atom stereocenters. The summed E-state index contributed by atoms with van der Waals surface area (Å²) in [6.45, 7) is 10.5. The van der Waals surface area contributed by atoms with Crippen molar-refractivity contribution in [3.8, 4) is 5.75 Å². The molecule has 5 heterocycles. The Kier molecular flexibility index (Phi) is 12.3. The Bertz CT molecular complexity index is 2470. The van der Waals surface area contributed by atoms with Crippen LogP contribution in [0.15, 0.2) is 33.5 Å². The Hall–Kier alpha value is -4.18. The molecule has 2 aromatic carbocycles. The van der Waals surface area contributed by atoms with Crippen LogP contribution in [0.25, 0.3) is 11.0 Å². The van der Waals surface area contributed by atoms with Crippen LogP contribution < -0.4 is 5.43 Å². The normalized spacial score (nSPS) is 36.8. The van der Waals surface area contributed by atoms with Crippen molar-refractivity contribution in [1.29, 1.82) is 0 Å². The van der Waals surface area contributed by atoms with Gasteiger partial charge in [0.1, 0.15) is 41.5 Å². The van der Waals surface area contributed by atoms with Crippen molar-refractivity contribution >= 4 is 28.5 Å². The minimum atomic E-state index is -2.82. The van der Waals surface area contributed by atoms with E-state index in [1.54, 1.807) is 20.8 Å². The number of benzene rings is 2. The minimum Gasteiger partial charge on any atom is -0.507 e.